The first-order chi connectivity index (χ1) is 24.1. The molecule has 4 heterocycles. The third-order valence-corrected chi connectivity index (χ3v) is 9.50. The Bertz CT molecular complexity index is 1900. The fraction of sp³-hybridized carbons (Fsp3) is 0.462. The smallest absolute Gasteiger partial charge is 0.410 e. The summed E-state index contributed by atoms with van der Waals surface area (Å²) in [6, 6.07) is 15.8. The first kappa shape index (κ1) is 35.7. The maximum atomic E-state index is 12.8. The summed E-state index contributed by atoms with van der Waals surface area (Å²) in [4.78, 5) is 53.9. The Labute approximate surface area is 298 Å². The molecule has 6 rings (SSSR count). The molecule has 2 N–H and O–H groups in total. The number of likely N-dealkylation sites (tertiary alicyclic amines) is 2. The van der Waals surface area contributed by atoms with Crippen LogP contribution in [0.1, 0.15) is 96.7 Å². The van der Waals surface area contributed by atoms with E-state index in [4.69, 9.17) is 14.5 Å². The summed E-state index contributed by atoms with van der Waals surface area (Å²) in [7, 11) is 1.35. The molecule has 2 aliphatic rings. The molecule has 2 aromatic carbocycles. The zero-order valence-corrected chi connectivity index (χ0v) is 30.5. The number of amides is 2. The Hall–Kier alpha value is -5.13. The average Bonchev–Trinajstić information content (AvgIpc) is 3.89. The summed E-state index contributed by atoms with van der Waals surface area (Å²) in [6.45, 7) is 12.8. The number of ether oxygens (including phenoxy) is 2. The van der Waals surface area contributed by atoms with E-state index in [-0.39, 0.29) is 18.7 Å². The van der Waals surface area contributed by atoms with Gasteiger partial charge in [-0.15, -0.1) is 0 Å². The molecule has 12 nitrogen and oxygen atoms in total. The molecule has 2 amide bonds. The predicted molar refractivity (Wildman–Crippen MR) is 193 cm³/mol. The van der Waals surface area contributed by atoms with Crippen LogP contribution in [-0.4, -0.2) is 78.4 Å². The lowest BCUT2D eigenvalue weighted by Gasteiger charge is -2.27. The lowest BCUT2D eigenvalue weighted by atomic mass is 9.88. The van der Waals surface area contributed by atoms with Gasteiger partial charge in [-0.3, -0.25) is 14.6 Å². The second-order valence-corrected chi connectivity index (χ2v) is 15.4. The number of H-pyrrole nitrogens is 1. The summed E-state index contributed by atoms with van der Waals surface area (Å²) in [5, 5.41) is 9.92. The fourth-order valence-electron chi connectivity index (χ4n) is 7.21. The molecular formula is C39H48N6O6. The number of carbonyl (C=O) groups is 3. The van der Waals surface area contributed by atoms with Crippen LogP contribution in [-0.2, 0) is 26.2 Å². The highest BCUT2D eigenvalue weighted by Gasteiger charge is 2.38. The third-order valence-electron chi connectivity index (χ3n) is 9.50. The zero-order chi connectivity index (χ0) is 36.7. The van der Waals surface area contributed by atoms with E-state index in [1.54, 1.807) is 4.90 Å². The van der Waals surface area contributed by atoms with E-state index in [1.807, 2.05) is 43.7 Å². The van der Waals surface area contributed by atoms with E-state index in [2.05, 4.69) is 67.1 Å². The Morgan fingerprint density at radius 3 is 1.98 bits per heavy atom. The summed E-state index contributed by atoms with van der Waals surface area (Å²) in [6.07, 6.45) is 3.58. The molecule has 4 aromatic rings. The first-order valence-electron chi connectivity index (χ1n) is 17.6. The number of nitrogens with one attached hydrogen (secondary N) is 1. The number of imidazole rings is 2. The topological polar surface area (TPSA) is 143 Å². The van der Waals surface area contributed by atoms with Crippen molar-refractivity contribution in [2.24, 2.45) is 0 Å². The summed E-state index contributed by atoms with van der Waals surface area (Å²) >= 11 is 0. The van der Waals surface area contributed by atoms with Gasteiger partial charge in [0.05, 0.1) is 42.5 Å². The van der Waals surface area contributed by atoms with E-state index in [1.165, 1.54) is 12.0 Å². The van der Waals surface area contributed by atoms with Crippen molar-refractivity contribution in [2.45, 2.75) is 96.9 Å². The highest BCUT2D eigenvalue weighted by atomic mass is 16.6. The van der Waals surface area contributed by atoms with Crippen LogP contribution < -0.4 is 0 Å². The van der Waals surface area contributed by atoms with Gasteiger partial charge in [-0.1, -0.05) is 69.3 Å². The van der Waals surface area contributed by atoms with Gasteiger partial charge in [0, 0.05) is 24.1 Å². The highest BCUT2D eigenvalue weighted by Crippen LogP contribution is 2.40. The number of carbonyl (C=O) groups excluding carboxylic acids is 2. The van der Waals surface area contributed by atoms with Gasteiger partial charge >= 0.3 is 18.2 Å². The number of benzene rings is 2. The molecule has 2 fully saturated rings. The Morgan fingerprint density at radius 2 is 1.41 bits per heavy atom. The molecule has 0 radical (unpaired) electrons. The first-order valence-corrected chi connectivity index (χ1v) is 17.6. The Kier molecular flexibility index (Phi) is 9.71. The number of aromatic nitrogens is 4. The van der Waals surface area contributed by atoms with Crippen molar-refractivity contribution in [3.63, 3.8) is 0 Å². The molecule has 0 spiro atoms. The van der Waals surface area contributed by atoms with Gasteiger partial charge in [-0.25, -0.2) is 19.6 Å². The number of hydrogen-bond donors (Lipinski definition) is 2. The molecule has 270 valence electrons. The van der Waals surface area contributed by atoms with Crippen LogP contribution in [0.4, 0.5) is 9.59 Å². The zero-order valence-electron chi connectivity index (χ0n) is 30.5. The van der Waals surface area contributed by atoms with E-state index >= 15 is 0 Å². The lowest BCUT2D eigenvalue weighted by molar-refractivity contribution is -0.141. The van der Waals surface area contributed by atoms with Crippen molar-refractivity contribution in [1.82, 2.24) is 29.3 Å². The largest absolute Gasteiger partial charge is 0.468 e. The number of hydrogen-bond acceptors (Lipinski definition) is 7. The van der Waals surface area contributed by atoms with Crippen molar-refractivity contribution in [3.05, 3.63) is 72.1 Å². The van der Waals surface area contributed by atoms with Crippen LogP contribution in [0.2, 0.25) is 0 Å². The van der Waals surface area contributed by atoms with E-state index < -0.39 is 29.1 Å². The van der Waals surface area contributed by atoms with Crippen LogP contribution in [0.15, 0.2) is 54.7 Å². The van der Waals surface area contributed by atoms with Crippen molar-refractivity contribution in [3.8, 4) is 33.6 Å². The van der Waals surface area contributed by atoms with Crippen LogP contribution in [0.5, 0.6) is 0 Å². The number of aromatic amines is 1. The van der Waals surface area contributed by atoms with E-state index in [0.29, 0.717) is 25.3 Å². The van der Waals surface area contributed by atoms with Gasteiger partial charge in [-0.05, 0) is 63.1 Å². The maximum absolute atomic E-state index is 12.8. The molecule has 2 saturated heterocycles. The van der Waals surface area contributed by atoms with E-state index in [9.17, 15) is 19.5 Å². The lowest BCUT2D eigenvalue weighted by Crippen LogP contribution is -2.36. The molecule has 0 unspecified atom stereocenters. The van der Waals surface area contributed by atoms with Crippen molar-refractivity contribution >= 4 is 18.2 Å². The van der Waals surface area contributed by atoms with Gasteiger partial charge in [0.2, 0.25) is 0 Å². The average molecular weight is 697 g/mol. The number of carboxylic acid groups (broad SMARTS) is 1. The number of rotatable bonds is 7. The van der Waals surface area contributed by atoms with Crippen molar-refractivity contribution in [1.29, 1.82) is 0 Å². The SMILES string of the molecule is COC(=O)Cn1c([C@@H]2CCCN2C(=O)O)nc(-c2ccc(-c3ccc(-c4cnc([C@@H]5CCCN5C(=O)OC(C)(C)C)[nH]4)cc3)cc2)c1C(C)(C)C. The summed E-state index contributed by atoms with van der Waals surface area (Å²) in [5.74, 6) is 0.896. The van der Waals surface area contributed by atoms with Crippen LogP contribution >= 0.6 is 0 Å². The van der Waals surface area contributed by atoms with Crippen LogP contribution in [0, 0.1) is 0 Å². The second kappa shape index (κ2) is 13.9. The minimum Gasteiger partial charge on any atom is -0.468 e. The predicted octanol–water partition coefficient (Wildman–Crippen LogP) is 7.96. The van der Waals surface area contributed by atoms with Crippen molar-refractivity contribution < 1.29 is 29.0 Å². The van der Waals surface area contributed by atoms with Gasteiger partial charge in [0.1, 0.15) is 23.8 Å². The van der Waals surface area contributed by atoms with Crippen LogP contribution in [0.25, 0.3) is 33.6 Å². The molecule has 12 heteroatoms. The molecule has 2 atom stereocenters. The number of nitrogens with zero attached hydrogens (tertiary/aromatic N) is 5. The van der Waals surface area contributed by atoms with E-state index in [0.717, 1.165) is 64.4 Å². The standard InChI is InChI=1S/C39H48N6O6/c1-38(2,3)33-32(42-35(45(33)23-31(46)50-7)30-11-9-20-43(30)36(47)48)27-18-14-25(15-19-27)24-12-16-26(17-13-24)28-22-40-34(41-28)29-10-8-21-44(29)37(49)51-39(4,5)6/h12-19,22,29-30H,8-11,20-21,23H2,1-7H3,(H,40,41)(H,47,48)/t29-,30-/m0/s1. The molecule has 0 saturated carbocycles. The fourth-order valence-corrected chi connectivity index (χ4v) is 7.21. The van der Waals surface area contributed by atoms with Gasteiger partial charge in [-0.2, -0.15) is 0 Å². The highest BCUT2D eigenvalue weighted by molar-refractivity contribution is 5.74. The molecule has 0 bridgehead atoms. The molecule has 0 aliphatic carbocycles. The number of esters is 1. The molecule has 2 aromatic heterocycles. The monoisotopic (exact) mass is 696 g/mol. The summed E-state index contributed by atoms with van der Waals surface area (Å²) < 4.78 is 12.5. The minimum absolute atomic E-state index is 0.0553. The molecular weight excluding hydrogens is 648 g/mol. The maximum Gasteiger partial charge on any atom is 0.410 e. The Balaban J connectivity index is 1.25. The quantitative estimate of drug-likeness (QED) is 0.185. The van der Waals surface area contributed by atoms with Gasteiger partial charge in [0.25, 0.3) is 0 Å². The second-order valence-electron chi connectivity index (χ2n) is 15.4. The van der Waals surface area contributed by atoms with Gasteiger partial charge in [0.15, 0.2) is 0 Å². The molecule has 51 heavy (non-hydrogen) atoms. The molecule has 2 aliphatic heterocycles. The number of methoxy groups -OCH3 is 1. The van der Waals surface area contributed by atoms with Crippen LogP contribution in [0.3, 0.4) is 0 Å². The van der Waals surface area contributed by atoms with Crippen molar-refractivity contribution in [2.75, 3.05) is 20.2 Å². The third kappa shape index (κ3) is 7.50. The van der Waals surface area contributed by atoms with Gasteiger partial charge < -0.3 is 24.1 Å². The minimum atomic E-state index is -0.994. The summed E-state index contributed by atoms with van der Waals surface area (Å²) in [5.41, 5.74) is 5.40. The normalized spacial score (nSPS) is 17.9. The Morgan fingerprint density at radius 1 is 0.843 bits per heavy atom.